The predicted octanol–water partition coefficient (Wildman–Crippen LogP) is 0.446. The van der Waals surface area contributed by atoms with E-state index in [0.717, 1.165) is 0 Å². The van der Waals surface area contributed by atoms with Crippen molar-refractivity contribution in [3.05, 3.63) is 0 Å². The first-order chi connectivity index (χ1) is 4.06. The molecular weight excluding hydrogens is 181 g/mol. The number of halogens is 2. The zero-order valence-electron chi connectivity index (χ0n) is 5.42. The topological polar surface area (TPSA) is 60.2 Å². The molecule has 0 aromatic rings. The van der Waals surface area contributed by atoms with Crippen molar-refractivity contribution in [3.8, 4) is 0 Å². The summed E-state index contributed by atoms with van der Waals surface area (Å²) in [5.74, 6) is -0.399. The minimum atomic E-state index is -4.25. The Morgan fingerprint density at radius 3 is 2.10 bits per heavy atom. The molecule has 0 aromatic carbocycles. The van der Waals surface area contributed by atoms with E-state index in [0.29, 0.717) is 19.4 Å². The Labute approximate surface area is 66.4 Å². The minimum absolute atomic E-state index is 0. The van der Waals surface area contributed by atoms with Crippen molar-refractivity contribution in [1.82, 2.24) is 0 Å². The number of rotatable bonds is 4. The Hall–Kier alpha value is 0.130. The molecule has 0 bridgehead atoms. The van der Waals surface area contributed by atoms with E-state index in [-0.39, 0.29) is 12.4 Å². The van der Waals surface area contributed by atoms with E-state index in [1.54, 1.807) is 0 Å². The van der Waals surface area contributed by atoms with Gasteiger partial charge in [-0.1, -0.05) is 0 Å². The van der Waals surface area contributed by atoms with Crippen LogP contribution in [0, 0.1) is 0 Å². The lowest BCUT2D eigenvalue weighted by atomic mass is 10.3. The second-order valence-corrected chi connectivity index (χ2v) is 3.22. The van der Waals surface area contributed by atoms with Gasteiger partial charge in [0, 0.05) is 0 Å². The number of hydrogen-bond donors (Lipinski definition) is 1. The van der Waals surface area contributed by atoms with E-state index in [2.05, 4.69) is 0 Å². The van der Waals surface area contributed by atoms with Gasteiger partial charge in [0.1, 0.15) is 0 Å². The largest absolute Gasteiger partial charge is 0.330 e. The Morgan fingerprint density at radius 1 is 1.30 bits per heavy atom. The van der Waals surface area contributed by atoms with Crippen molar-refractivity contribution in [1.29, 1.82) is 0 Å². The molecule has 64 valence electrons. The van der Waals surface area contributed by atoms with E-state index in [9.17, 15) is 12.3 Å². The Kier molecular flexibility index (Phi) is 7.51. The summed E-state index contributed by atoms with van der Waals surface area (Å²) in [6.07, 6.45) is 0.873. The van der Waals surface area contributed by atoms with Crippen LogP contribution in [-0.4, -0.2) is 20.7 Å². The van der Waals surface area contributed by atoms with Crippen LogP contribution in [0.5, 0.6) is 0 Å². The third-order valence-electron chi connectivity index (χ3n) is 0.842. The molecule has 0 aliphatic heterocycles. The van der Waals surface area contributed by atoms with Crippen LogP contribution in [0.3, 0.4) is 0 Å². The van der Waals surface area contributed by atoms with E-state index in [1.807, 2.05) is 0 Å². The fourth-order valence-electron chi connectivity index (χ4n) is 0.419. The highest BCUT2D eigenvalue weighted by atomic mass is 35.5. The maximum atomic E-state index is 11.6. The minimum Gasteiger partial charge on any atom is -0.330 e. The van der Waals surface area contributed by atoms with Crippen molar-refractivity contribution in [2.75, 3.05) is 12.3 Å². The van der Waals surface area contributed by atoms with Gasteiger partial charge in [-0.3, -0.25) is 0 Å². The highest BCUT2D eigenvalue weighted by Crippen LogP contribution is 1.95. The average molecular weight is 192 g/mol. The van der Waals surface area contributed by atoms with Gasteiger partial charge in [-0.2, -0.15) is 8.42 Å². The second-order valence-electron chi connectivity index (χ2n) is 1.74. The van der Waals surface area contributed by atoms with Gasteiger partial charge >= 0.3 is 10.2 Å². The van der Waals surface area contributed by atoms with Crippen molar-refractivity contribution >= 4 is 22.6 Å². The van der Waals surface area contributed by atoms with E-state index < -0.39 is 16.0 Å². The molecule has 0 heterocycles. The maximum Gasteiger partial charge on any atom is 0.302 e. The van der Waals surface area contributed by atoms with Gasteiger partial charge < -0.3 is 5.73 Å². The second kappa shape index (κ2) is 5.88. The number of unbranched alkanes of at least 4 members (excludes halogenated alkanes) is 1. The molecule has 6 heteroatoms. The fraction of sp³-hybridized carbons (Fsp3) is 1.00. The van der Waals surface area contributed by atoms with Crippen molar-refractivity contribution < 1.29 is 12.3 Å². The van der Waals surface area contributed by atoms with Crippen LogP contribution in [0.25, 0.3) is 0 Å². The van der Waals surface area contributed by atoms with Crippen LogP contribution in [0.15, 0.2) is 0 Å². The summed E-state index contributed by atoms with van der Waals surface area (Å²) in [5.41, 5.74) is 5.04. The summed E-state index contributed by atoms with van der Waals surface area (Å²) in [7, 11) is -4.25. The zero-order valence-corrected chi connectivity index (χ0v) is 7.05. The molecule has 0 aliphatic carbocycles. The molecule has 0 unspecified atom stereocenters. The van der Waals surface area contributed by atoms with Crippen LogP contribution >= 0.6 is 12.4 Å². The maximum absolute atomic E-state index is 11.6. The van der Waals surface area contributed by atoms with Gasteiger partial charge in [0.2, 0.25) is 0 Å². The number of nitrogens with two attached hydrogens (primary N) is 1. The lowest BCUT2D eigenvalue weighted by Gasteiger charge is -1.91. The molecule has 0 amide bonds. The molecule has 2 N–H and O–H groups in total. The molecule has 3 nitrogen and oxygen atoms in total. The Bertz CT molecular complexity index is 159. The molecule has 0 saturated heterocycles. The quantitative estimate of drug-likeness (QED) is 0.519. The first-order valence-electron chi connectivity index (χ1n) is 2.68. The highest BCUT2D eigenvalue weighted by Gasteiger charge is 2.04. The molecule has 0 radical (unpaired) electrons. The summed E-state index contributed by atoms with van der Waals surface area (Å²) < 4.78 is 31.2. The lowest BCUT2D eigenvalue weighted by molar-refractivity contribution is 0.548. The van der Waals surface area contributed by atoms with Crippen molar-refractivity contribution in [2.24, 2.45) is 5.73 Å². The van der Waals surface area contributed by atoms with Gasteiger partial charge in [0.15, 0.2) is 0 Å². The summed E-state index contributed by atoms with van der Waals surface area (Å²) in [5, 5.41) is 0. The molecule has 0 rings (SSSR count). The van der Waals surface area contributed by atoms with Crippen molar-refractivity contribution in [3.63, 3.8) is 0 Å². The van der Waals surface area contributed by atoms with Gasteiger partial charge in [-0.15, -0.1) is 16.3 Å². The molecule has 0 aromatic heterocycles. The normalized spacial score (nSPS) is 10.6. The number of hydrogen-bond acceptors (Lipinski definition) is 3. The Morgan fingerprint density at radius 2 is 1.80 bits per heavy atom. The van der Waals surface area contributed by atoms with Crippen LogP contribution in [0.2, 0.25) is 0 Å². The SMILES string of the molecule is Cl.NCCCCS(=O)(=O)F. The lowest BCUT2D eigenvalue weighted by Crippen LogP contribution is -2.03. The van der Waals surface area contributed by atoms with Crippen LogP contribution in [-0.2, 0) is 10.2 Å². The van der Waals surface area contributed by atoms with Gasteiger partial charge in [0.05, 0.1) is 5.75 Å². The third kappa shape index (κ3) is 11.0. The molecule has 0 spiro atoms. The molecule has 0 saturated carbocycles. The molecular formula is C4H11ClFNO2S. The van der Waals surface area contributed by atoms with Crippen LogP contribution in [0.4, 0.5) is 3.89 Å². The highest BCUT2D eigenvalue weighted by molar-refractivity contribution is 7.86. The fourth-order valence-corrected chi connectivity index (χ4v) is 0.968. The summed E-state index contributed by atoms with van der Waals surface area (Å²) in [6.45, 7) is 0.412. The smallest absolute Gasteiger partial charge is 0.302 e. The summed E-state index contributed by atoms with van der Waals surface area (Å²) in [4.78, 5) is 0. The average Bonchev–Trinajstić information content (AvgIpc) is 1.63. The van der Waals surface area contributed by atoms with Gasteiger partial charge in [-0.05, 0) is 19.4 Å². The van der Waals surface area contributed by atoms with Gasteiger partial charge in [0.25, 0.3) is 0 Å². The predicted molar refractivity (Wildman–Crippen MR) is 40.4 cm³/mol. The Balaban J connectivity index is 0. The first kappa shape index (κ1) is 12.8. The van der Waals surface area contributed by atoms with E-state index >= 15 is 0 Å². The molecule has 0 aliphatic rings. The van der Waals surface area contributed by atoms with Crippen molar-refractivity contribution in [2.45, 2.75) is 12.8 Å². The summed E-state index contributed by atoms with van der Waals surface area (Å²) >= 11 is 0. The molecule has 10 heavy (non-hydrogen) atoms. The van der Waals surface area contributed by atoms with Crippen LogP contribution in [0.1, 0.15) is 12.8 Å². The van der Waals surface area contributed by atoms with Crippen LogP contribution < -0.4 is 5.73 Å². The third-order valence-corrected chi connectivity index (χ3v) is 1.62. The zero-order chi connectivity index (χ0) is 7.33. The molecule has 0 atom stereocenters. The van der Waals surface area contributed by atoms with E-state index in [4.69, 9.17) is 5.73 Å². The standard InChI is InChI=1S/C4H10FNO2S.ClH/c5-9(7,8)4-2-1-3-6;/h1-4,6H2;1H. The van der Waals surface area contributed by atoms with Gasteiger partial charge in [-0.25, -0.2) is 0 Å². The molecule has 0 fully saturated rings. The monoisotopic (exact) mass is 191 g/mol. The first-order valence-corrected chi connectivity index (χ1v) is 4.24. The summed E-state index contributed by atoms with van der Waals surface area (Å²) in [6, 6.07) is 0. The van der Waals surface area contributed by atoms with E-state index in [1.165, 1.54) is 0 Å².